The first-order valence-electron chi connectivity index (χ1n) is 6.82. The fourth-order valence-electron chi connectivity index (χ4n) is 2.41. The van der Waals surface area contributed by atoms with Gasteiger partial charge < -0.3 is 15.0 Å². The third-order valence-electron chi connectivity index (χ3n) is 3.51. The van der Waals surface area contributed by atoms with Gasteiger partial charge in [0.15, 0.2) is 0 Å². The number of nitrogens with zero attached hydrogens (tertiary/aromatic N) is 1. The lowest BCUT2D eigenvalue weighted by atomic mass is 10.2. The van der Waals surface area contributed by atoms with Crippen LogP contribution in [0.25, 0.3) is 0 Å². The average Bonchev–Trinajstić information content (AvgIpc) is 3.00. The summed E-state index contributed by atoms with van der Waals surface area (Å²) in [7, 11) is 0. The zero-order chi connectivity index (χ0) is 15.6. The van der Waals surface area contributed by atoms with Crippen LogP contribution in [0, 0.1) is 13.8 Å². The van der Waals surface area contributed by atoms with Crippen molar-refractivity contribution in [3.8, 4) is 0 Å². The van der Waals surface area contributed by atoms with Gasteiger partial charge in [0.1, 0.15) is 6.10 Å². The van der Waals surface area contributed by atoms with E-state index in [1.54, 1.807) is 12.1 Å². The standard InChI is InChI=1S/C15H19ClN2O2S/c1-4-18-9(2)7-11(10(18)3)15(20)17-8-12(19)13-5-6-14(16)21-13/h5-7,12,19H,4,8H2,1-3H3,(H,17,20). The largest absolute Gasteiger partial charge is 0.386 e. The van der Waals surface area contributed by atoms with Crippen LogP contribution in [0.1, 0.15) is 39.7 Å². The molecular formula is C15H19ClN2O2S. The first-order chi connectivity index (χ1) is 9.93. The Morgan fingerprint density at radius 1 is 1.48 bits per heavy atom. The fraction of sp³-hybridized carbons (Fsp3) is 0.400. The smallest absolute Gasteiger partial charge is 0.253 e. The Kier molecular flexibility index (Phi) is 5.08. The van der Waals surface area contributed by atoms with Crippen LogP contribution in [0.2, 0.25) is 4.34 Å². The molecule has 0 saturated heterocycles. The van der Waals surface area contributed by atoms with Gasteiger partial charge in [-0.3, -0.25) is 4.79 Å². The van der Waals surface area contributed by atoms with Crippen molar-refractivity contribution < 1.29 is 9.90 Å². The number of thiophene rings is 1. The molecule has 2 aromatic heterocycles. The first-order valence-corrected chi connectivity index (χ1v) is 8.01. The van der Waals surface area contributed by atoms with Gasteiger partial charge in [0, 0.05) is 29.4 Å². The maximum atomic E-state index is 12.2. The summed E-state index contributed by atoms with van der Waals surface area (Å²) in [6, 6.07) is 5.39. The van der Waals surface area contributed by atoms with Gasteiger partial charge in [0.05, 0.1) is 9.90 Å². The highest BCUT2D eigenvalue weighted by molar-refractivity contribution is 7.16. The van der Waals surface area contributed by atoms with Crippen LogP contribution in [-0.4, -0.2) is 22.1 Å². The molecule has 0 radical (unpaired) electrons. The number of aliphatic hydroxyl groups is 1. The Labute approximate surface area is 133 Å². The zero-order valence-electron chi connectivity index (χ0n) is 12.3. The number of rotatable bonds is 5. The van der Waals surface area contributed by atoms with Crippen molar-refractivity contribution in [3.63, 3.8) is 0 Å². The molecule has 2 heterocycles. The van der Waals surface area contributed by atoms with Crippen molar-refractivity contribution in [2.45, 2.75) is 33.4 Å². The topological polar surface area (TPSA) is 54.3 Å². The van der Waals surface area contributed by atoms with E-state index >= 15 is 0 Å². The molecule has 4 nitrogen and oxygen atoms in total. The van der Waals surface area contributed by atoms with Crippen molar-refractivity contribution in [1.82, 2.24) is 9.88 Å². The van der Waals surface area contributed by atoms with Crippen molar-refractivity contribution >= 4 is 28.8 Å². The predicted octanol–water partition coefficient (Wildman–Crippen LogP) is 3.30. The summed E-state index contributed by atoms with van der Waals surface area (Å²) in [6.45, 7) is 6.97. The van der Waals surface area contributed by atoms with Crippen LogP contribution in [0.3, 0.4) is 0 Å². The molecule has 2 N–H and O–H groups in total. The van der Waals surface area contributed by atoms with Crippen LogP contribution < -0.4 is 5.32 Å². The van der Waals surface area contributed by atoms with E-state index in [1.807, 2.05) is 26.8 Å². The van der Waals surface area contributed by atoms with Crippen molar-refractivity contribution in [3.05, 3.63) is 44.4 Å². The number of aryl methyl sites for hydroxylation is 1. The highest BCUT2D eigenvalue weighted by Crippen LogP contribution is 2.26. The molecule has 0 fully saturated rings. The molecule has 0 aliphatic rings. The minimum absolute atomic E-state index is 0.162. The summed E-state index contributed by atoms with van der Waals surface area (Å²) in [5, 5.41) is 12.8. The van der Waals surface area contributed by atoms with Gasteiger partial charge in [-0.05, 0) is 39.0 Å². The SMILES string of the molecule is CCn1c(C)cc(C(=O)NCC(O)c2ccc(Cl)s2)c1C. The quantitative estimate of drug-likeness (QED) is 0.885. The number of carbonyl (C=O) groups is 1. The van der Waals surface area contributed by atoms with E-state index in [1.165, 1.54) is 11.3 Å². The molecule has 21 heavy (non-hydrogen) atoms. The van der Waals surface area contributed by atoms with E-state index in [4.69, 9.17) is 11.6 Å². The number of hydrogen-bond acceptors (Lipinski definition) is 3. The Bertz CT molecular complexity index is 648. The molecule has 114 valence electrons. The summed E-state index contributed by atoms with van der Waals surface area (Å²) >= 11 is 7.15. The minimum Gasteiger partial charge on any atom is -0.386 e. The molecule has 0 bridgehead atoms. The van der Waals surface area contributed by atoms with Gasteiger partial charge in [0.25, 0.3) is 5.91 Å². The van der Waals surface area contributed by atoms with Crippen molar-refractivity contribution in [2.24, 2.45) is 0 Å². The zero-order valence-corrected chi connectivity index (χ0v) is 13.9. The summed E-state index contributed by atoms with van der Waals surface area (Å²) in [6.07, 6.45) is -0.735. The van der Waals surface area contributed by atoms with Crippen molar-refractivity contribution in [2.75, 3.05) is 6.54 Å². The number of amides is 1. The van der Waals surface area contributed by atoms with Crippen LogP contribution in [0.5, 0.6) is 0 Å². The molecule has 0 saturated carbocycles. The third-order valence-corrected chi connectivity index (χ3v) is 4.85. The Morgan fingerprint density at radius 2 is 2.19 bits per heavy atom. The first kappa shape index (κ1) is 16.1. The van der Waals surface area contributed by atoms with E-state index in [9.17, 15) is 9.90 Å². The summed E-state index contributed by atoms with van der Waals surface area (Å²) in [5.41, 5.74) is 2.66. The minimum atomic E-state index is -0.735. The Morgan fingerprint density at radius 3 is 2.71 bits per heavy atom. The molecule has 2 aromatic rings. The molecule has 2 rings (SSSR count). The van der Waals surface area contributed by atoms with E-state index in [2.05, 4.69) is 9.88 Å². The van der Waals surface area contributed by atoms with Gasteiger partial charge in [-0.1, -0.05) is 11.6 Å². The van der Waals surface area contributed by atoms with Crippen LogP contribution in [0.15, 0.2) is 18.2 Å². The number of hydrogen-bond donors (Lipinski definition) is 2. The maximum absolute atomic E-state index is 12.2. The molecule has 0 aliphatic heterocycles. The molecule has 0 spiro atoms. The van der Waals surface area contributed by atoms with Gasteiger partial charge in [0.2, 0.25) is 0 Å². The number of nitrogens with one attached hydrogen (secondary N) is 1. The Hall–Kier alpha value is -1.30. The molecular weight excluding hydrogens is 308 g/mol. The fourth-order valence-corrected chi connectivity index (χ4v) is 3.46. The summed E-state index contributed by atoms with van der Waals surface area (Å²) in [4.78, 5) is 13.0. The third kappa shape index (κ3) is 3.48. The highest BCUT2D eigenvalue weighted by atomic mass is 35.5. The van der Waals surface area contributed by atoms with E-state index < -0.39 is 6.10 Å². The monoisotopic (exact) mass is 326 g/mol. The van der Waals surface area contributed by atoms with E-state index in [0.29, 0.717) is 9.90 Å². The van der Waals surface area contributed by atoms with Crippen molar-refractivity contribution in [1.29, 1.82) is 0 Å². The van der Waals surface area contributed by atoms with Crippen LogP contribution in [-0.2, 0) is 6.54 Å². The normalized spacial score (nSPS) is 12.4. The average molecular weight is 327 g/mol. The van der Waals surface area contributed by atoms with E-state index in [-0.39, 0.29) is 12.5 Å². The lowest BCUT2D eigenvalue weighted by Gasteiger charge is -2.10. The van der Waals surface area contributed by atoms with Gasteiger partial charge in [-0.2, -0.15) is 0 Å². The van der Waals surface area contributed by atoms with Crippen LogP contribution in [0.4, 0.5) is 0 Å². The molecule has 0 aliphatic carbocycles. The van der Waals surface area contributed by atoms with Gasteiger partial charge in [-0.25, -0.2) is 0 Å². The number of carbonyl (C=O) groups excluding carboxylic acids is 1. The number of aromatic nitrogens is 1. The molecule has 0 aromatic carbocycles. The second-order valence-electron chi connectivity index (χ2n) is 4.90. The lowest BCUT2D eigenvalue weighted by Crippen LogP contribution is -2.28. The molecule has 6 heteroatoms. The molecule has 1 unspecified atom stereocenters. The van der Waals surface area contributed by atoms with Crippen LogP contribution >= 0.6 is 22.9 Å². The lowest BCUT2D eigenvalue weighted by molar-refractivity contribution is 0.0917. The highest BCUT2D eigenvalue weighted by Gasteiger charge is 2.17. The number of halogens is 1. The second-order valence-corrected chi connectivity index (χ2v) is 6.64. The van der Waals surface area contributed by atoms with E-state index in [0.717, 1.165) is 22.8 Å². The molecule has 1 atom stereocenters. The summed E-state index contributed by atoms with van der Waals surface area (Å²) < 4.78 is 2.71. The number of aliphatic hydroxyl groups excluding tert-OH is 1. The predicted molar refractivity (Wildman–Crippen MR) is 86.2 cm³/mol. The van der Waals surface area contributed by atoms with Gasteiger partial charge in [-0.15, -0.1) is 11.3 Å². The van der Waals surface area contributed by atoms with Gasteiger partial charge >= 0.3 is 0 Å². The molecule has 1 amide bonds. The second kappa shape index (κ2) is 6.64. The Balaban J connectivity index is 2.02. The summed E-state index contributed by atoms with van der Waals surface area (Å²) in [5.74, 6) is -0.162. The maximum Gasteiger partial charge on any atom is 0.253 e.